The normalized spacial score (nSPS) is 12.9. The minimum atomic E-state index is -0.0559. The highest BCUT2D eigenvalue weighted by Crippen LogP contribution is 2.22. The van der Waals surface area contributed by atoms with Crippen molar-refractivity contribution < 1.29 is 9.15 Å². The van der Waals surface area contributed by atoms with Crippen molar-refractivity contribution in [1.29, 1.82) is 0 Å². The monoisotopic (exact) mass is 506 g/mol. The molecule has 1 aromatic carbocycles. The summed E-state index contributed by atoms with van der Waals surface area (Å²) in [5, 5.41) is 7.10. The number of guanidine groups is 1. The average Bonchev–Trinajstić information content (AvgIpc) is 3.06. The minimum Gasteiger partial charge on any atom is -0.489 e. The Morgan fingerprint density at radius 3 is 2.48 bits per heavy atom. The van der Waals surface area contributed by atoms with Crippen molar-refractivity contribution >= 4 is 41.5 Å². The molecular weight excluding hydrogens is 479 g/mol. The van der Waals surface area contributed by atoms with E-state index in [1.807, 2.05) is 19.1 Å². The molecule has 0 saturated heterocycles. The fourth-order valence-corrected chi connectivity index (χ4v) is 2.27. The molecule has 0 aliphatic rings. The minimum absolute atomic E-state index is 0. The smallest absolute Gasteiger partial charge is 0.213 e. The van der Waals surface area contributed by atoms with E-state index >= 15 is 0 Å². The van der Waals surface area contributed by atoms with Gasteiger partial charge in [-0.3, -0.25) is 4.99 Å². The van der Waals surface area contributed by atoms with Gasteiger partial charge in [0.1, 0.15) is 17.6 Å². The summed E-state index contributed by atoms with van der Waals surface area (Å²) in [7, 11) is 1.72. The SMILES string of the molecule is CN=C(NCc1ncc(C(C)(C)C)o1)NCC(C)Oc1ccc(Cl)cc1.I. The molecule has 0 aliphatic carbocycles. The third-order valence-electron chi connectivity index (χ3n) is 3.63. The molecule has 1 unspecified atom stereocenters. The summed E-state index contributed by atoms with van der Waals surface area (Å²) < 4.78 is 11.6. The van der Waals surface area contributed by atoms with E-state index in [2.05, 4.69) is 41.4 Å². The lowest BCUT2D eigenvalue weighted by atomic mass is 9.94. The predicted octanol–water partition coefficient (Wildman–Crippen LogP) is 4.38. The summed E-state index contributed by atoms with van der Waals surface area (Å²) in [5.41, 5.74) is -0.0559. The van der Waals surface area contributed by atoms with E-state index in [9.17, 15) is 0 Å². The molecule has 0 spiro atoms. The summed E-state index contributed by atoms with van der Waals surface area (Å²) in [6.45, 7) is 9.32. The number of benzene rings is 1. The molecule has 0 fully saturated rings. The molecule has 8 heteroatoms. The van der Waals surface area contributed by atoms with Gasteiger partial charge in [-0.15, -0.1) is 24.0 Å². The lowest BCUT2D eigenvalue weighted by Crippen LogP contribution is -2.41. The number of rotatable bonds is 6. The first-order valence-electron chi connectivity index (χ1n) is 8.60. The molecule has 0 aliphatic heterocycles. The number of oxazole rings is 1. The van der Waals surface area contributed by atoms with Gasteiger partial charge in [0.2, 0.25) is 5.89 Å². The molecule has 1 atom stereocenters. The largest absolute Gasteiger partial charge is 0.489 e. The van der Waals surface area contributed by atoms with Gasteiger partial charge in [0, 0.05) is 17.5 Å². The summed E-state index contributed by atoms with van der Waals surface area (Å²) >= 11 is 5.88. The Labute approximate surface area is 183 Å². The van der Waals surface area contributed by atoms with Gasteiger partial charge in [-0.25, -0.2) is 4.98 Å². The molecule has 150 valence electrons. The van der Waals surface area contributed by atoms with Gasteiger partial charge < -0.3 is 19.8 Å². The number of hydrogen-bond acceptors (Lipinski definition) is 4. The Morgan fingerprint density at radius 1 is 1.26 bits per heavy atom. The molecule has 1 heterocycles. The number of ether oxygens (including phenoxy) is 1. The number of aromatic nitrogens is 1. The van der Waals surface area contributed by atoms with Crippen LogP contribution in [0.4, 0.5) is 0 Å². The van der Waals surface area contributed by atoms with Crippen molar-refractivity contribution in [3.8, 4) is 5.75 Å². The Morgan fingerprint density at radius 2 is 1.93 bits per heavy atom. The second-order valence-electron chi connectivity index (χ2n) is 7.06. The summed E-state index contributed by atoms with van der Waals surface area (Å²) in [6, 6.07) is 7.31. The highest BCUT2D eigenvalue weighted by Gasteiger charge is 2.19. The van der Waals surface area contributed by atoms with Crippen LogP contribution in [0.2, 0.25) is 5.02 Å². The lowest BCUT2D eigenvalue weighted by molar-refractivity contribution is 0.224. The van der Waals surface area contributed by atoms with Crippen LogP contribution in [0.5, 0.6) is 5.75 Å². The van der Waals surface area contributed by atoms with Crippen molar-refractivity contribution in [3.63, 3.8) is 0 Å². The highest BCUT2D eigenvalue weighted by atomic mass is 127. The summed E-state index contributed by atoms with van der Waals surface area (Å²) in [4.78, 5) is 8.50. The third-order valence-corrected chi connectivity index (χ3v) is 3.88. The molecular formula is C19H28ClIN4O2. The van der Waals surface area contributed by atoms with Crippen LogP contribution in [0.3, 0.4) is 0 Å². The second-order valence-corrected chi connectivity index (χ2v) is 7.49. The van der Waals surface area contributed by atoms with Crippen LogP contribution >= 0.6 is 35.6 Å². The molecule has 2 aromatic rings. The van der Waals surface area contributed by atoms with Crippen molar-refractivity contribution in [1.82, 2.24) is 15.6 Å². The third kappa shape index (κ3) is 7.96. The molecule has 1 aromatic heterocycles. The van der Waals surface area contributed by atoms with Gasteiger partial charge in [-0.2, -0.15) is 0 Å². The zero-order valence-electron chi connectivity index (χ0n) is 16.4. The zero-order valence-corrected chi connectivity index (χ0v) is 19.5. The Kier molecular flexibility index (Phi) is 9.38. The molecule has 0 saturated carbocycles. The fraction of sp³-hybridized carbons (Fsp3) is 0.474. The van der Waals surface area contributed by atoms with Gasteiger partial charge in [-0.05, 0) is 31.2 Å². The average molecular weight is 507 g/mol. The topological polar surface area (TPSA) is 71.7 Å². The lowest BCUT2D eigenvalue weighted by Gasteiger charge is -2.17. The van der Waals surface area contributed by atoms with E-state index in [0.717, 1.165) is 11.5 Å². The maximum absolute atomic E-state index is 5.88. The number of hydrogen-bond donors (Lipinski definition) is 2. The highest BCUT2D eigenvalue weighted by molar-refractivity contribution is 14.0. The van der Waals surface area contributed by atoms with Crippen molar-refractivity contribution in [2.24, 2.45) is 4.99 Å². The van der Waals surface area contributed by atoms with E-state index in [-0.39, 0.29) is 35.5 Å². The number of aliphatic imine (C=N–C) groups is 1. The molecule has 0 bridgehead atoms. The molecule has 27 heavy (non-hydrogen) atoms. The fourth-order valence-electron chi connectivity index (χ4n) is 2.15. The molecule has 2 N–H and O–H groups in total. The number of nitrogens with zero attached hydrogens (tertiary/aromatic N) is 2. The maximum atomic E-state index is 5.88. The number of halogens is 2. The van der Waals surface area contributed by atoms with Crippen molar-refractivity contribution in [2.75, 3.05) is 13.6 Å². The summed E-state index contributed by atoms with van der Waals surface area (Å²) in [6.07, 6.45) is 1.74. The van der Waals surface area contributed by atoms with Crippen molar-refractivity contribution in [2.45, 2.75) is 45.8 Å². The van der Waals surface area contributed by atoms with Crippen LogP contribution in [0.25, 0.3) is 0 Å². The predicted molar refractivity (Wildman–Crippen MR) is 120 cm³/mol. The molecule has 0 amide bonds. The van der Waals surface area contributed by atoms with Gasteiger partial charge in [0.15, 0.2) is 5.96 Å². The van der Waals surface area contributed by atoms with Crippen molar-refractivity contribution in [3.05, 3.63) is 47.1 Å². The Bertz CT molecular complexity index is 726. The van der Waals surface area contributed by atoms with E-state index in [4.69, 9.17) is 20.8 Å². The van der Waals surface area contributed by atoms with E-state index in [1.54, 1.807) is 25.4 Å². The van der Waals surface area contributed by atoms with E-state index < -0.39 is 0 Å². The zero-order chi connectivity index (χ0) is 19.2. The van der Waals surface area contributed by atoms with E-state index in [1.165, 1.54) is 0 Å². The van der Waals surface area contributed by atoms with Gasteiger partial charge in [-0.1, -0.05) is 32.4 Å². The number of nitrogens with one attached hydrogen (secondary N) is 2. The van der Waals surface area contributed by atoms with Gasteiger partial charge in [0.05, 0.1) is 19.3 Å². The first kappa shape index (κ1) is 23.6. The molecule has 6 nitrogen and oxygen atoms in total. The molecule has 0 radical (unpaired) electrons. The van der Waals surface area contributed by atoms with Crippen LogP contribution in [-0.4, -0.2) is 30.6 Å². The molecule has 2 rings (SSSR count). The Hall–Kier alpha value is -1.48. The van der Waals surface area contributed by atoms with Crippen LogP contribution < -0.4 is 15.4 Å². The van der Waals surface area contributed by atoms with Gasteiger partial charge in [0.25, 0.3) is 0 Å². The van der Waals surface area contributed by atoms with E-state index in [0.29, 0.717) is 30.0 Å². The van der Waals surface area contributed by atoms with Crippen LogP contribution in [0, 0.1) is 0 Å². The quantitative estimate of drug-likeness (QED) is 0.346. The second kappa shape index (κ2) is 10.8. The Balaban J connectivity index is 0.00000364. The van der Waals surface area contributed by atoms with Crippen LogP contribution in [0.15, 0.2) is 39.9 Å². The first-order chi connectivity index (χ1) is 12.3. The van der Waals surface area contributed by atoms with Crippen LogP contribution in [0.1, 0.15) is 39.3 Å². The van der Waals surface area contributed by atoms with Crippen LogP contribution in [-0.2, 0) is 12.0 Å². The van der Waals surface area contributed by atoms with Gasteiger partial charge >= 0.3 is 0 Å². The summed E-state index contributed by atoms with van der Waals surface area (Å²) in [5.74, 6) is 2.93. The first-order valence-corrected chi connectivity index (χ1v) is 8.97. The standard InChI is InChI=1S/C19H27ClN4O2.HI/c1-13(25-15-8-6-14(20)7-9-15)10-23-18(21-5)24-12-17-22-11-16(26-17)19(2,3)4;/h6-9,11,13H,10,12H2,1-5H3,(H2,21,23,24);1H. The maximum Gasteiger partial charge on any atom is 0.213 e.